The van der Waals surface area contributed by atoms with E-state index < -0.39 is 17.7 Å². The van der Waals surface area contributed by atoms with E-state index in [9.17, 15) is 14.7 Å². The first-order chi connectivity index (χ1) is 17.0. The van der Waals surface area contributed by atoms with Gasteiger partial charge in [0.25, 0.3) is 11.7 Å². The SMILES string of the molecule is Cc1cccc(C2/C(=C(/O)c3ccncc3)C(=O)C(=O)N2c2ccc(Oc3ccccc3)cc2)c1. The highest BCUT2D eigenvalue weighted by atomic mass is 16.5. The van der Waals surface area contributed by atoms with Crippen molar-refractivity contribution in [2.45, 2.75) is 13.0 Å². The number of rotatable bonds is 5. The van der Waals surface area contributed by atoms with Crippen LogP contribution < -0.4 is 9.64 Å². The van der Waals surface area contributed by atoms with E-state index in [0.717, 1.165) is 11.1 Å². The molecule has 1 unspecified atom stereocenters. The molecule has 0 spiro atoms. The third kappa shape index (κ3) is 4.29. The number of anilines is 1. The molecule has 6 heteroatoms. The second-order valence-electron chi connectivity index (χ2n) is 8.23. The summed E-state index contributed by atoms with van der Waals surface area (Å²) in [6, 6.07) is 26.3. The summed E-state index contributed by atoms with van der Waals surface area (Å²) >= 11 is 0. The number of ketones is 1. The zero-order chi connectivity index (χ0) is 24.4. The summed E-state index contributed by atoms with van der Waals surface area (Å²) in [5.41, 5.74) is 2.68. The molecule has 1 aliphatic heterocycles. The van der Waals surface area contributed by atoms with Gasteiger partial charge in [-0.3, -0.25) is 19.5 Å². The minimum absolute atomic E-state index is 0.0383. The minimum Gasteiger partial charge on any atom is -0.507 e. The summed E-state index contributed by atoms with van der Waals surface area (Å²) < 4.78 is 5.86. The van der Waals surface area contributed by atoms with Gasteiger partial charge in [0, 0.05) is 23.6 Å². The Morgan fingerprint density at radius 1 is 0.857 bits per heavy atom. The number of aryl methyl sites for hydroxylation is 1. The number of aliphatic hydroxyl groups is 1. The Bertz CT molecular complexity index is 1410. The van der Waals surface area contributed by atoms with Crippen molar-refractivity contribution in [1.82, 2.24) is 4.98 Å². The molecule has 1 amide bonds. The molecule has 1 fully saturated rings. The fourth-order valence-corrected chi connectivity index (χ4v) is 4.22. The van der Waals surface area contributed by atoms with Gasteiger partial charge in [-0.1, -0.05) is 48.0 Å². The predicted octanol–water partition coefficient (Wildman–Crippen LogP) is 5.81. The van der Waals surface area contributed by atoms with Crippen molar-refractivity contribution in [3.63, 3.8) is 0 Å². The van der Waals surface area contributed by atoms with Gasteiger partial charge in [-0.2, -0.15) is 0 Å². The lowest BCUT2D eigenvalue weighted by molar-refractivity contribution is -0.132. The van der Waals surface area contributed by atoms with Crippen LogP contribution in [0.4, 0.5) is 5.69 Å². The third-order valence-electron chi connectivity index (χ3n) is 5.85. The van der Waals surface area contributed by atoms with Crippen LogP contribution in [0, 0.1) is 6.92 Å². The molecular weight excluding hydrogens is 440 g/mol. The number of aromatic nitrogens is 1. The number of hydrogen-bond donors (Lipinski definition) is 1. The maximum atomic E-state index is 13.3. The number of pyridine rings is 1. The zero-order valence-corrected chi connectivity index (χ0v) is 19.0. The molecule has 0 radical (unpaired) electrons. The highest BCUT2D eigenvalue weighted by Gasteiger charge is 2.47. The second-order valence-corrected chi connectivity index (χ2v) is 8.23. The monoisotopic (exact) mass is 462 g/mol. The smallest absolute Gasteiger partial charge is 0.300 e. The van der Waals surface area contributed by atoms with Crippen LogP contribution in [0.1, 0.15) is 22.7 Å². The number of aliphatic hydroxyl groups excluding tert-OH is 1. The molecule has 6 nitrogen and oxygen atoms in total. The van der Waals surface area contributed by atoms with Crippen LogP contribution in [-0.2, 0) is 9.59 Å². The van der Waals surface area contributed by atoms with E-state index in [1.165, 1.54) is 17.3 Å². The average Bonchev–Trinajstić information content (AvgIpc) is 3.15. The van der Waals surface area contributed by atoms with Gasteiger partial charge in [-0.15, -0.1) is 0 Å². The highest BCUT2D eigenvalue weighted by Crippen LogP contribution is 2.42. The Morgan fingerprint density at radius 3 is 2.23 bits per heavy atom. The van der Waals surface area contributed by atoms with E-state index in [4.69, 9.17) is 4.74 Å². The van der Waals surface area contributed by atoms with Crippen LogP contribution in [0.25, 0.3) is 5.76 Å². The molecule has 2 heterocycles. The van der Waals surface area contributed by atoms with Gasteiger partial charge < -0.3 is 9.84 Å². The summed E-state index contributed by atoms with van der Waals surface area (Å²) in [5, 5.41) is 11.1. The standard InChI is InChI=1S/C29H22N2O4/c1-19-6-5-7-21(18-19)26-25(27(32)20-14-16-30-17-15-20)28(33)29(34)31(26)22-10-12-24(13-11-22)35-23-8-3-2-4-9-23/h2-18,26,32H,1H3/b27-25-. The van der Waals surface area contributed by atoms with Crippen LogP contribution in [0.5, 0.6) is 11.5 Å². The summed E-state index contributed by atoms with van der Waals surface area (Å²) in [6.07, 6.45) is 3.05. The predicted molar refractivity (Wildman–Crippen MR) is 133 cm³/mol. The number of ether oxygens (including phenoxy) is 1. The fourth-order valence-electron chi connectivity index (χ4n) is 4.22. The number of amides is 1. The van der Waals surface area contributed by atoms with Crippen molar-refractivity contribution in [1.29, 1.82) is 0 Å². The van der Waals surface area contributed by atoms with Crippen LogP contribution >= 0.6 is 0 Å². The van der Waals surface area contributed by atoms with Crippen LogP contribution in [-0.4, -0.2) is 21.8 Å². The lowest BCUT2D eigenvalue weighted by Crippen LogP contribution is -2.29. The first-order valence-electron chi connectivity index (χ1n) is 11.1. The van der Waals surface area contributed by atoms with Crippen LogP contribution in [0.3, 0.4) is 0 Å². The molecule has 1 atom stereocenters. The molecule has 1 aliphatic rings. The molecule has 0 saturated carbocycles. The molecule has 3 aromatic carbocycles. The van der Waals surface area contributed by atoms with Crippen molar-refractivity contribution in [3.05, 3.63) is 126 Å². The lowest BCUT2D eigenvalue weighted by atomic mass is 9.94. The lowest BCUT2D eigenvalue weighted by Gasteiger charge is -2.26. The molecule has 4 aromatic rings. The van der Waals surface area contributed by atoms with Gasteiger partial charge in [0.05, 0.1) is 11.6 Å². The Balaban J connectivity index is 1.59. The van der Waals surface area contributed by atoms with Gasteiger partial charge in [-0.05, 0) is 61.0 Å². The first kappa shape index (κ1) is 22.1. The Morgan fingerprint density at radius 2 is 1.54 bits per heavy atom. The highest BCUT2D eigenvalue weighted by molar-refractivity contribution is 6.51. The Labute approximate surface area is 202 Å². The Hall–Kier alpha value is -4.71. The van der Waals surface area contributed by atoms with Crippen LogP contribution in [0.2, 0.25) is 0 Å². The van der Waals surface area contributed by atoms with Gasteiger partial charge in [-0.25, -0.2) is 0 Å². The largest absolute Gasteiger partial charge is 0.507 e. The van der Waals surface area contributed by atoms with E-state index in [1.807, 2.05) is 61.5 Å². The molecule has 172 valence electrons. The number of nitrogens with zero attached hydrogens (tertiary/aromatic N) is 2. The van der Waals surface area contributed by atoms with Crippen molar-refractivity contribution >= 4 is 23.1 Å². The summed E-state index contributed by atoms with van der Waals surface area (Å²) in [4.78, 5) is 31.9. The number of hydrogen-bond acceptors (Lipinski definition) is 5. The fraction of sp³-hybridized carbons (Fsp3) is 0.0690. The molecular formula is C29H22N2O4. The number of Topliss-reactive ketones (excluding diaryl/α,β-unsaturated/α-hetero) is 1. The minimum atomic E-state index is -0.788. The van der Waals surface area contributed by atoms with Gasteiger partial charge in [0.1, 0.15) is 17.3 Å². The van der Waals surface area contributed by atoms with Crippen molar-refractivity contribution in [3.8, 4) is 11.5 Å². The Kier molecular flexibility index (Phi) is 5.85. The number of carbonyl (C=O) groups is 2. The molecule has 1 saturated heterocycles. The number of carbonyl (C=O) groups excluding carboxylic acids is 2. The van der Waals surface area contributed by atoms with E-state index in [2.05, 4.69) is 4.98 Å². The first-order valence-corrected chi connectivity index (χ1v) is 11.1. The van der Waals surface area contributed by atoms with E-state index in [1.54, 1.807) is 36.4 Å². The topological polar surface area (TPSA) is 79.7 Å². The third-order valence-corrected chi connectivity index (χ3v) is 5.85. The maximum Gasteiger partial charge on any atom is 0.300 e. The summed E-state index contributed by atoms with van der Waals surface area (Å²) in [5.74, 6) is -0.388. The second kappa shape index (κ2) is 9.27. The normalized spacial score (nSPS) is 16.9. The quantitative estimate of drug-likeness (QED) is 0.230. The van der Waals surface area contributed by atoms with Gasteiger partial charge in [0.15, 0.2) is 0 Å². The summed E-state index contributed by atoms with van der Waals surface area (Å²) in [7, 11) is 0. The number of benzene rings is 3. The molecule has 0 aliphatic carbocycles. The van der Waals surface area contributed by atoms with Crippen molar-refractivity contribution < 1.29 is 19.4 Å². The zero-order valence-electron chi connectivity index (χ0n) is 19.0. The molecule has 0 bridgehead atoms. The van der Waals surface area contributed by atoms with Crippen LogP contribution in [0.15, 0.2) is 109 Å². The molecule has 1 aromatic heterocycles. The molecule has 5 rings (SSSR count). The number of para-hydroxylation sites is 1. The van der Waals surface area contributed by atoms with E-state index >= 15 is 0 Å². The summed E-state index contributed by atoms with van der Waals surface area (Å²) in [6.45, 7) is 1.94. The van der Waals surface area contributed by atoms with Crippen molar-refractivity contribution in [2.75, 3.05) is 4.90 Å². The molecule has 35 heavy (non-hydrogen) atoms. The van der Waals surface area contributed by atoms with E-state index in [-0.39, 0.29) is 11.3 Å². The van der Waals surface area contributed by atoms with Crippen molar-refractivity contribution in [2.24, 2.45) is 0 Å². The van der Waals surface area contributed by atoms with E-state index in [0.29, 0.717) is 22.7 Å². The molecule has 1 N–H and O–H groups in total. The maximum absolute atomic E-state index is 13.3. The van der Waals surface area contributed by atoms with Gasteiger partial charge >= 0.3 is 0 Å². The van der Waals surface area contributed by atoms with Gasteiger partial charge in [0.2, 0.25) is 0 Å². The average molecular weight is 463 g/mol.